The molecule has 4 fully saturated rings. The number of rotatable bonds is 25. The minimum atomic E-state index is -2.47. The SMILES string of the molecule is CO[C@H]1C[C@@H]2CC[C@@H](C)[C@@](O)(O2)C(=O)C(=O)N2CCCC[C@H]2C(=O)O[C@H]([C@H](C)C[C@@H]2CC[C@@H](O)[C@H](OC)C2)C[C@@H](O)[C@H](C)/C=C(\C)[C@@H](O)[C@@H](OC)C(=NOCC(=O)NCc2cnc(N3CCN(c4ncc(C(=O)NCCOCCC(=O)N5CCc6cc(Cn7nc(-c8ccc9oc(N)nc9c8)c8c(N)ncnc87)ccc6C5)cn4)[C@H](CN(C)C)C3)nc2)[C@H](C)C[C@H](C)/C=C/C=CC=C1C. The van der Waals surface area contributed by atoms with Gasteiger partial charge in [0.25, 0.3) is 29.5 Å². The van der Waals surface area contributed by atoms with E-state index in [4.69, 9.17) is 64.2 Å². The number of benzene rings is 2. The fourth-order valence-corrected chi connectivity index (χ4v) is 19.2. The number of cyclic esters (lactones) is 1. The van der Waals surface area contributed by atoms with E-state index in [-0.39, 0.29) is 112 Å². The van der Waals surface area contributed by atoms with Crippen molar-refractivity contribution < 1.29 is 86.9 Å². The van der Waals surface area contributed by atoms with Gasteiger partial charge in [-0.2, -0.15) is 10.1 Å². The number of allylic oxidation sites excluding steroid dienone is 5. The lowest BCUT2D eigenvalue weighted by molar-refractivity contribution is -0.265. The lowest BCUT2D eigenvalue weighted by Crippen LogP contribution is -2.61. The van der Waals surface area contributed by atoms with Crippen molar-refractivity contribution in [2.45, 2.75) is 225 Å². The number of nitrogens with two attached hydrogens (primary N) is 2. The number of nitrogen functional groups attached to an aromatic ring is 2. The number of aromatic nitrogens is 9. The highest BCUT2D eigenvalue weighted by Crippen LogP contribution is 2.40. The van der Waals surface area contributed by atoms with Gasteiger partial charge in [0.15, 0.2) is 17.8 Å². The van der Waals surface area contributed by atoms with E-state index in [1.54, 1.807) is 59.5 Å². The van der Waals surface area contributed by atoms with Crippen LogP contribution in [-0.2, 0) is 83.3 Å². The maximum Gasteiger partial charge on any atom is 0.329 e. The number of Topliss-reactive ketones (excluding diaryl/α,β-unsaturated/α-hetero) is 1. The number of anilines is 4. The van der Waals surface area contributed by atoms with Crippen molar-refractivity contribution in [3.05, 3.63) is 143 Å². The molecule has 6 aliphatic rings. The quantitative estimate of drug-likeness (QED) is 0.00888. The van der Waals surface area contributed by atoms with E-state index in [1.165, 1.54) is 30.7 Å². The van der Waals surface area contributed by atoms with Gasteiger partial charge in [-0.25, -0.2) is 39.4 Å². The number of carbonyl (C=O) groups is 6. The number of oxazole rings is 1. The lowest BCUT2D eigenvalue weighted by atomic mass is 9.78. The average Bonchev–Trinajstić information content (AvgIpc) is 1.54. The van der Waals surface area contributed by atoms with Crippen molar-refractivity contribution in [1.82, 2.24) is 70.0 Å². The van der Waals surface area contributed by atoms with Crippen molar-refractivity contribution in [2.24, 2.45) is 40.7 Å². The Balaban J connectivity index is 0.592. The highest BCUT2D eigenvalue weighted by molar-refractivity contribution is 6.39. The number of hydrogen-bond acceptors (Lipinski definition) is 32. The number of hydrogen-bond donors (Lipinski definition) is 8. The van der Waals surface area contributed by atoms with E-state index in [0.29, 0.717) is 172 Å². The predicted molar refractivity (Wildman–Crippen MR) is 502 cm³/mol. The summed E-state index contributed by atoms with van der Waals surface area (Å²) in [6.07, 6.45) is 18.6. The standard InChI is InChI=1S/C97H133N19O18/c1-57-18-14-13-15-19-58(2)78(127-10)44-72-26-21-63(7)97(126,134-72)88(122)92(124)115-32-17-16-20-74(115)93(125)132-79(60(4)40-64-23-27-75(117)80(42-64)128-11)45-76(118)59(3)39-62(6)86(121)87(129-12)84(61(5)38-57)110-131-55-81(119)101-46-66-47-102-95(103-48-66)113-34-35-114(71(54-113)53-111(8)9)96-104-49-70(50-105-96)91(123)100-31-37-130-36-30-82(120)112-33-29-67-41-65(22-24-69(67)52-112)51-116-90-83(89(98)106-56-107-90)85(109-116)68-25-28-77-73(43-68)108-94(99)133-77/h13-15,18-19,22,24-25,28,39,41,43,47-50,56-57,59-61,63-64,71-72,74-76,78-80,86-87,117-118,121,126H,16-17,20-21,23,26-27,29-38,40,42,44-46,51-55H2,1-12H3,(H2,99,108)(H,100,123)(H,101,119)(H2,98,106,107)/b15-13?,18-14+,58-19?,62-39+,110-84?/t57-,59-,60-,61-,63-,64+,71-,72+,74+,75-,76-,78+,79+,80-,86-,87+,97-/m1/s1. The summed E-state index contributed by atoms with van der Waals surface area (Å²) in [7, 11) is 8.57. The zero-order valence-electron chi connectivity index (χ0n) is 79.0. The number of nitrogens with zero attached hydrogens (tertiary/aromatic N) is 15. The number of esters is 1. The van der Waals surface area contributed by atoms with Crippen LogP contribution in [0.15, 0.2) is 125 Å². The van der Waals surface area contributed by atoms with Crippen molar-refractivity contribution in [3.8, 4) is 11.3 Å². The van der Waals surface area contributed by atoms with Gasteiger partial charge in [-0.1, -0.05) is 94.4 Å². The second-order valence-electron chi connectivity index (χ2n) is 37.2. The van der Waals surface area contributed by atoms with E-state index in [0.717, 1.165) is 27.8 Å². The molecule has 1 saturated carbocycles. The molecule has 2 aromatic carbocycles. The van der Waals surface area contributed by atoms with E-state index in [1.807, 2.05) is 100.0 Å². The number of ether oxygens (including phenoxy) is 6. The number of likely N-dealkylation sites (N-methyl/N-ethyl adjacent to an activating group) is 1. The second-order valence-corrected chi connectivity index (χ2v) is 37.2. The fourth-order valence-electron chi connectivity index (χ4n) is 19.2. The Bertz CT molecular complexity index is 5360. The Morgan fingerprint density at radius 2 is 1.56 bits per heavy atom. The molecule has 5 aliphatic heterocycles. The molecule has 5 aromatic heterocycles. The summed E-state index contributed by atoms with van der Waals surface area (Å²) in [4.78, 5) is 131. The first-order chi connectivity index (χ1) is 64.4. The number of nitrogens with one attached hydrogen (secondary N) is 2. The van der Waals surface area contributed by atoms with Crippen LogP contribution in [0.2, 0.25) is 0 Å². The number of methoxy groups -OCH3 is 3. The Kier molecular flexibility index (Phi) is 34.7. The molecule has 724 valence electrons. The predicted octanol–water partition coefficient (Wildman–Crippen LogP) is 7.81. The first-order valence-corrected chi connectivity index (χ1v) is 46.8. The molecule has 13 rings (SSSR count). The smallest absolute Gasteiger partial charge is 0.329 e. The zero-order chi connectivity index (χ0) is 95.6. The molecule has 1 aliphatic carbocycles. The number of ketones is 1. The van der Waals surface area contributed by atoms with E-state index < -0.39 is 102 Å². The Morgan fingerprint density at radius 3 is 2.32 bits per heavy atom. The molecular formula is C97H133N19O18. The number of oxime groups is 1. The highest BCUT2D eigenvalue weighted by Gasteiger charge is 2.53. The molecule has 3 saturated heterocycles. The Morgan fingerprint density at radius 1 is 0.776 bits per heavy atom. The molecule has 10 N–H and O–H groups in total. The molecule has 17 atom stereocenters. The number of aliphatic hydroxyl groups is 4. The molecule has 0 radical (unpaired) electrons. The summed E-state index contributed by atoms with van der Waals surface area (Å²) in [5.41, 5.74) is 21.1. The van der Waals surface area contributed by atoms with Gasteiger partial charge in [-0.05, 0) is 162 Å². The monoisotopic (exact) mass is 1850 g/mol. The van der Waals surface area contributed by atoms with Crippen LogP contribution in [-0.4, -0.2) is 289 Å². The first kappa shape index (κ1) is 100. The molecule has 134 heavy (non-hydrogen) atoms. The minimum Gasteiger partial charge on any atom is -0.460 e. The van der Waals surface area contributed by atoms with Gasteiger partial charge in [0.05, 0.1) is 79.4 Å². The van der Waals surface area contributed by atoms with Gasteiger partial charge in [0, 0.05) is 147 Å². The molecule has 10 heterocycles. The molecule has 0 unspecified atom stereocenters. The Labute approximate surface area is 781 Å². The number of piperidine rings is 1. The van der Waals surface area contributed by atoms with E-state index in [9.17, 15) is 49.2 Å². The minimum absolute atomic E-state index is 0.0225. The number of amides is 4. The van der Waals surface area contributed by atoms with Crippen molar-refractivity contribution in [3.63, 3.8) is 0 Å². The van der Waals surface area contributed by atoms with E-state index in [2.05, 4.69) is 67.5 Å². The summed E-state index contributed by atoms with van der Waals surface area (Å²) < 4.78 is 43.6. The number of aliphatic hydroxyl groups excluding tert-OH is 3. The average molecular weight is 1850 g/mol. The zero-order valence-corrected chi connectivity index (χ0v) is 79.0. The number of piperazine rings is 1. The number of fused-ring (bicyclic) bond motifs is 6. The van der Waals surface area contributed by atoms with Crippen LogP contribution in [0.1, 0.15) is 165 Å². The van der Waals surface area contributed by atoms with Gasteiger partial charge in [0.2, 0.25) is 23.6 Å². The topological polar surface area (TPSA) is 474 Å². The van der Waals surface area contributed by atoms with Crippen LogP contribution < -0.4 is 31.9 Å². The van der Waals surface area contributed by atoms with Gasteiger partial charge in [-0.3, -0.25) is 24.0 Å². The third kappa shape index (κ3) is 25.1. The van der Waals surface area contributed by atoms with Crippen LogP contribution in [0.5, 0.6) is 0 Å². The largest absolute Gasteiger partial charge is 0.460 e. The van der Waals surface area contributed by atoms with Crippen LogP contribution in [0.25, 0.3) is 33.4 Å². The van der Waals surface area contributed by atoms with Gasteiger partial charge in [-0.15, -0.1) is 0 Å². The summed E-state index contributed by atoms with van der Waals surface area (Å²) in [6.45, 7) is 16.9. The van der Waals surface area contributed by atoms with Gasteiger partial charge >= 0.3 is 5.97 Å². The summed E-state index contributed by atoms with van der Waals surface area (Å²) in [5, 5.41) is 63.5. The number of carbonyl (C=O) groups excluding carboxylic acids is 6. The second kappa shape index (κ2) is 46.4. The van der Waals surface area contributed by atoms with Gasteiger partial charge in [0.1, 0.15) is 47.7 Å². The summed E-state index contributed by atoms with van der Waals surface area (Å²) in [5.74, 6) is -7.13. The molecule has 37 nitrogen and oxygen atoms in total. The highest BCUT2D eigenvalue weighted by atomic mass is 16.6. The first-order valence-electron chi connectivity index (χ1n) is 46.8. The molecule has 2 bridgehead atoms. The molecule has 7 aromatic rings. The molecule has 37 heteroatoms. The third-order valence-electron chi connectivity index (χ3n) is 26.9. The molecule has 4 amide bonds. The molecular weight excluding hydrogens is 1720 g/mol. The van der Waals surface area contributed by atoms with Crippen LogP contribution >= 0.6 is 0 Å². The maximum absolute atomic E-state index is 14.8. The van der Waals surface area contributed by atoms with E-state index >= 15 is 0 Å². The lowest BCUT2D eigenvalue weighted by Gasteiger charge is -2.43. The maximum atomic E-state index is 14.8. The van der Waals surface area contributed by atoms with Crippen LogP contribution in [0.3, 0.4) is 0 Å². The third-order valence-corrected chi connectivity index (χ3v) is 26.9. The normalized spacial score (nSPS) is 27.6. The molecule has 0 spiro atoms. The van der Waals surface area contributed by atoms with Crippen molar-refractivity contribution in [2.75, 3.05) is 122 Å². The van der Waals surface area contributed by atoms with Crippen LogP contribution in [0, 0.1) is 35.5 Å². The fraction of sp³-hybridized carbons (Fsp3) is 0.577. The van der Waals surface area contributed by atoms with Crippen molar-refractivity contribution >= 4 is 87.0 Å². The van der Waals surface area contributed by atoms with Crippen molar-refractivity contribution in [1.29, 1.82) is 0 Å². The Hall–Kier alpha value is -11.1. The van der Waals surface area contributed by atoms with Gasteiger partial charge < -0.3 is 105 Å². The van der Waals surface area contributed by atoms with Crippen LogP contribution in [0.4, 0.5) is 23.7 Å². The summed E-state index contributed by atoms with van der Waals surface area (Å²) in [6, 6.07) is 10.6. The summed E-state index contributed by atoms with van der Waals surface area (Å²) >= 11 is 0.